The van der Waals surface area contributed by atoms with Crippen molar-refractivity contribution in [3.8, 4) is 0 Å². The number of nitrogens with zero attached hydrogens (tertiary/aromatic N) is 2. The third-order valence-electron chi connectivity index (χ3n) is 3.70. The molecule has 1 aliphatic rings. The Morgan fingerprint density at radius 2 is 2.37 bits per heavy atom. The zero-order valence-corrected chi connectivity index (χ0v) is 12.1. The second kappa shape index (κ2) is 7.58. The topological polar surface area (TPSA) is 37.4 Å². The first-order valence-corrected chi connectivity index (χ1v) is 7.31. The average molecular weight is 263 g/mol. The molecule has 1 fully saturated rings. The summed E-state index contributed by atoms with van der Waals surface area (Å²) in [4.78, 5) is 6.89. The van der Waals surface area contributed by atoms with E-state index in [2.05, 4.69) is 35.1 Å². The molecule has 1 saturated heterocycles. The van der Waals surface area contributed by atoms with Crippen LogP contribution in [-0.4, -0.2) is 48.8 Å². The summed E-state index contributed by atoms with van der Waals surface area (Å²) < 4.78 is 5.78. The molecule has 1 unspecified atom stereocenters. The van der Waals surface area contributed by atoms with Crippen molar-refractivity contribution in [2.75, 3.05) is 32.8 Å². The van der Waals surface area contributed by atoms with Crippen molar-refractivity contribution in [3.05, 3.63) is 29.6 Å². The Morgan fingerprint density at radius 3 is 3.16 bits per heavy atom. The van der Waals surface area contributed by atoms with Gasteiger partial charge in [-0.2, -0.15) is 0 Å². The highest BCUT2D eigenvalue weighted by molar-refractivity contribution is 5.19. The molecule has 4 heteroatoms. The van der Waals surface area contributed by atoms with Crippen LogP contribution in [0.5, 0.6) is 0 Å². The van der Waals surface area contributed by atoms with Crippen molar-refractivity contribution in [3.63, 3.8) is 0 Å². The Bertz CT molecular complexity index is 383. The summed E-state index contributed by atoms with van der Waals surface area (Å²) in [6, 6.07) is 4.16. The summed E-state index contributed by atoms with van der Waals surface area (Å²) in [6.45, 7) is 10.2. The van der Waals surface area contributed by atoms with E-state index in [9.17, 15) is 0 Å². The largest absolute Gasteiger partial charge is 0.374 e. The number of morpholine rings is 1. The van der Waals surface area contributed by atoms with Gasteiger partial charge in [0.25, 0.3) is 0 Å². The first kappa shape index (κ1) is 14.4. The maximum Gasteiger partial charge on any atom is 0.0826 e. The second-order valence-corrected chi connectivity index (χ2v) is 4.98. The zero-order valence-electron chi connectivity index (χ0n) is 12.1. The standard InChI is InChI=1S/C15H25N3O/c1-3-13-6-5-7-17-15(13)11-16-10-14-12-18(4-2)8-9-19-14/h5-7,14,16H,3-4,8-12H2,1-2H3. The SMILES string of the molecule is CCc1cccnc1CNCC1CN(CC)CCO1. The lowest BCUT2D eigenvalue weighted by Crippen LogP contribution is -2.46. The van der Waals surface area contributed by atoms with E-state index in [1.165, 1.54) is 5.56 Å². The summed E-state index contributed by atoms with van der Waals surface area (Å²) in [5.41, 5.74) is 2.49. The number of aryl methyl sites for hydroxylation is 1. The lowest BCUT2D eigenvalue weighted by molar-refractivity contribution is -0.0254. The number of hydrogen-bond donors (Lipinski definition) is 1. The van der Waals surface area contributed by atoms with Gasteiger partial charge < -0.3 is 10.1 Å². The molecule has 2 rings (SSSR count). The molecule has 1 aliphatic heterocycles. The molecule has 0 aliphatic carbocycles. The molecule has 1 atom stereocenters. The maximum absolute atomic E-state index is 5.78. The van der Waals surface area contributed by atoms with E-state index < -0.39 is 0 Å². The van der Waals surface area contributed by atoms with Gasteiger partial charge in [0.2, 0.25) is 0 Å². The van der Waals surface area contributed by atoms with Gasteiger partial charge in [-0.25, -0.2) is 0 Å². The van der Waals surface area contributed by atoms with E-state index in [4.69, 9.17) is 4.74 Å². The van der Waals surface area contributed by atoms with Crippen LogP contribution in [0, 0.1) is 0 Å². The molecule has 106 valence electrons. The average Bonchev–Trinajstić information content (AvgIpc) is 2.48. The molecule has 0 aromatic carbocycles. The van der Waals surface area contributed by atoms with Crippen molar-refractivity contribution >= 4 is 0 Å². The van der Waals surface area contributed by atoms with Gasteiger partial charge in [-0.3, -0.25) is 9.88 Å². The fraction of sp³-hybridized carbons (Fsp3) is 0.667. The minimum atomic E-state index is 0.308. The second-order valence-electron chi connectivity index (χ2n) is 4.98. The van der Waals surface area contributed by atoms with Gasteiger partial charge in [-0.15, -0.1) is 0 Å². The Labute approximate surface area is 116 Å². The van der Waals surface area contributed by atoms with Crippen molar-refractivity contribution < 1.29 is 4.74 Å². The summed E-state index contributed by atoms with van der Waals surface area (Å²) in [5.74, 6) is 0. The van der Waals surface area contributed by atoms with Gasteiger partial charge in [0.05, 0.1) is 18.4 Å². The highest BCUT2D eigenvalue weighted by Gasteiger charge is 2.18. The van der Waals surface area contributed by atoms with Gasteiger partial charge in [-0.1, -0.05) is 19.9 Å². The predicted octanol–water partition coefficient (Wildman–Crippen LogP) is 1.45. The molecule has 2 heterocycles. The van der Waals surface area contributed by atoms with E-state index >= 15 is 0 Å². The van der Waals surface area contributed by atoms with Crippen LogP contribution < -0.4 is 5.32 Å². The van der Waals surface area contributed by atoms with Crippen LogP contribution in [0.25, 0.3) is 0 Å². The van der Waals surface area contributed by atoms with E-state index in [0.717, 1.165) is 51.4 Å². The van der Waals surface area contributed by atoms with Crippen LogP contribution in [0.1, 0.15) is 25.1 Å². The fourth-order valence-electron chi connectivity index (χ4n) is 2.50. The van der Waals surface area contributed by atoms with Crippen molar-refractivity contribution in [2.24, 2.45) is 0 Å². The van der Waals surface area contributed by atoms with Crippen LogP contribution >= 0.6 is 0 Å². The van der Waals surface area contributed by atoms with Gasteiger partial charge in [0, 0.05) is 32.4 Å². The fourth-order valence-corrected chi connectivity index (χ4v) is 2.50. The molecule has 1 N–H and O–H groups in total. The van der Waals surface area contributed by atoms with Crippen LogP contribution in [0.15, 0.2) is 18.3 Å². The minimum absolute atomic E-state index is 0.308. The molecule has 0 bridgehead atoms. The van der Waals surface area contributed by atoms with E-state index in [1.54, 1.807) is 0 Å². The van der Waals surface area contributed by atoms with Gasteiger partial charge in [0.15, 0.2) is 0 Å². The summed E-state index contributed by atoms with van der Waals surface area (Å²) in [5, 5.41) is 3.48. The quantitative estimate of drug-likeness (QED) is 0.843. The zero-order chi connectivity index (χ0) is 13.5. The molecular weight excluding hydrogens is 238 g/mol. The van der Waals surface area contributed by atoms with Gasteiger partial charge in [-0.05, 0) is 24.6 Å². The van der Waals surface area contributed by atoms with Crippen molar-refractivity contribution in [1.29, 1.82) is 0 Å². The number of aromatic nitrogens is 1. The van der Waals surface area contributed by atoms with Crippen LogP contribution in [0.2, 0.25) is 0 Å². The number of ether oxygens (including phenoxy) is 1. The number of nitrogens with one attached hydrogen (secondary N) is 1. The third kappa shape index (κ3) is 4.27. The normalized spacial score (nSPS) is 20.6. The number of likely N-dealkylation sites (N-methyl/N-ethyl adjacent to an activating group) is 1. The first-order chi connectivity index (χ1) is 9.33. The molecule has 19 heavy (non-hydrogen) atoms. The van der Waals surface area contributed by atoms with Crippen LogP contribution in [0.4, 0.5) is 0 Å². The van der Waals surface area contributed by atoms with Crippen molar-refractivity contribution in [1.82, 2.24) is 15.2 Å². The molecule has 0 spiro atoms. The molecule has 1 aromatic heterocycles. The lowest BCUT2D eigenvalue weighted by atomic mass is 10.1. The van der Waals surface area contributed by atoms with Gasteiger partial charge in [0.1, 0.15) is 0 Å². The molecule has 0 saturated carbocycles. The maximum atomic E-state index is 5.78. The Balaban J connectivity index is 1.77. The lowest BCUT2D eigenvalue weighted by Gasteiger charge is -2.32. The Hall–Kier alpha value is -0.970. The summed E-state index contributed by atoms with van der Waals surface area (Å²) in [6.07, 6.45) is 3.21. The Morgan fingerprint density at radius 1 is 1.47 bits per heavy atom. The number of rotatable bonds is 6. The molecule has 1 aromatic rings. The molecule has 0 radical (unpaired) electrons. The summed E-state index contributed by atoms with van der Waals surface area (Å²) in [7, 11) is 0. The van der Waals surface area contributed by atoms with Crippen LogP contribution in [0.3, 0.4) is 0 Å². The molecule has 4 nitrogen and oxygen atoms in total. The minimum Gasteiger partial charge on any atom is -0.374 e. The highest BCUT2D eigenvalue weighted by atomic mass is 16.5. The Kier molecular flexibility index (Phi) is 5.76. The number of hydrogen-bond acceptors (Lipinski definition) is 4. The van der Waals surface area contributed by atoms with E-state index in [-0.39, 0.29) is 0 Å². The van der Waals surface area contributed by atoms with Crippen LogP contribution in [-0.2, 0) is 17.7 Å². The molecule has 0 amide bonds. The monoisotopic (exact) mass is 263 g/mol. The van der Waals surface area contributed by atoms with Gasteiger partial charge >= 0.3 is 0 Å². The summed E-state index contributed by atoms with van der Waals surface area (Å²) >= 11 is 0. The highest BCUT2D eigenvalue weighted by Crippen LogP contribution is 2.07. The predicted molar refractivity (Wildman–Crippen MR) is 77.2 cm³/mol. The first-order valence-electron chi connectivity index (χ1n) is 7.31. The third-order valence-corrected chi connectivity index (χ3v) is 3.70. The number of pyridine rings is 1. The molecular formula is C15H25N3O. The van der Waals surface area contributed by atoms with E-state index in [0.29, 0.717) is 6.10 Å². The van der Waals surface area contributed by atoms with Crippen molar-refractivity contribution in [2.45, 2.75) is 32.9 Å². The van der Waals surface area contributed by atoms with E-state index in [1.807, 2.05) is 12.3 Å². The smallest absolute Gasteiger partial charge is 0.0826 e.